The molecule has 0 bridgehead atoms. The fourth-order valence-corrected chi connectivity index (χ4v) is 2.69. The summed E-state index contributed by atoms with van der Waals surface area (Å²) in [5.41, 5.74) is 7.09. The van der Waals surface area contributed by atoms with Crippen molar-refractivity contribution in [1.29, 1.82) is 0 Å². The van der Waals surface area contributed by atoms with Crippen LogP contribution in [-0.4, -0.2) is 9.97 Å². The molecular formula is C12H11Cl2N3S. The average Bonchev–Trinajstić information content (AvgIpc) is 2.29. The Bertz CT molecular complexity index is 555. The third-order valence-corrected chi connectivity index (χ3v) is 3.72. The predicted molar refractivity (Wildman–Crippen MR) is 77.2 cm³/mol. The van der Waals surface area contributed by atoms with Crippen LogP contribution < -0.4 is 5.73 Å². The third kappa shape index (κ3) is 3.51. The number of halogens is 2. The van der Waals surface area contributed by atoms with Gasteiger partial charge in [-0.3, -0.25) is 0 Å². The zero-order valence-corrected chi connectivity index (χ0v) is 12.0. The van der Waals surface area contributed by atoms with E-state index in [1.165, 1.54) is 0 Å². The van der Waals surface area contributed by atoms with Crippen LogP contribution in [0.1, 0.15) is 11.5 Å². The van der Waals surface area contributed by atoms with Gasteiger partial charge in [0.25, 0.3) is 0 Å². The Morgan fingerprint density at radius 2 is 2.00 bits per heavy atom. The second-order valence-electron chi connectivity index (χ2n) is 3.72. The van der Waals surface area contributed by atoms with Crippen molar-refractivity contribution in [3.63, 3.8) is 0 Å². The molecule has 0 spiro atoms. The zero-order chi connectivity index (χ0) is 13.1. The first-order valence-electron chi connectivity index (χ1n) is 5.22. The van der Waals surface area contributed by atoms with Gasteiger partial charge in [0, 0.05) is 10.6 Å². The fourth-order valence-electron chi connectivity index (χ4n) is 1.40. The summed E-state index contributed by atoms with van der Waals surface area (Å²) in [6, 6.07) is 7.27. The summed E-state index contributed by atoms with van der Waals surface area (Å²) in [7, 11) is 0. The second kappa shape index (κ2) is 5.78. The number of nitrogens with two attached hydrogens (primary N) is 1. The molecule has 18 heavy (non-hydrogen) atoms. The highest BCUT2D eigenvalue weighted by Crippen LogP contribution is 2.28. The molecule has 3 nitrogen and oxygen atoms in total. The van der Waals surface area contributed by atoms with Crippen LogP contribution in [-0.2, 0) is 5.75 Å². The number of rotatable bonds is 3. The van der Waals surface area contributed by atoms with Gasteiger partial charge < -0.3 is 5.73 Å². The Balaban J connectivity index is 2.08. The van der Waals surface area contributed by atoms with Gasteiger partial charge in [0.05, 0.1) is 16.5 Å². The molecule has 0 unspecified atom stereocenters. The Morgan fingerprint density at radius 1 is 1.22 bits per heavy atom. The van der Waals surface area contributed by atoms with E-state index in [4.69, 9.17) is 28.9 Å². The minimum absolute atomic E-state index is 0.466. The molecular weight excluding hydrogens is 289 g/mol. The smallest absolute Gasteiger partial charge is 0.140 e. The quantitative estimate of drug-likeness (QED) is 0.529. The number of anilines is 1. The van der Waals surface area contributed by atoms with E-state index < -0.39 is 0 Å². The molecule has 2 N–H and O–H groups in total. The van der Waals surface area contributed by atoms with Gasteiger partial charge in [0.15, 0.2) is 0 Å². The molecule has 2 aromatic rings. The van der Waals surface area contributed by atoms with Crippen LogP contribution in [0.2, 0.25) is 10.2 Å². The second-order valence-corrected chi connectivity index (χ2v) is 5.56. The van der Waals surface area contributed by atoms with Crippen LogP contribution in [0.3, 0.4) is 0 Å². The summed E-state index contributed by atoms with van der Waals surface area (Å²) in [5, 5.41) is 1.02. The third-order valence-electron chi connectivity index (χ3n) is 2.21. The molecule has 1 aromatic heterocycles. The molecule has 94 valence electrons. The molecule has 0 radical (unpaired) electrons. The number of hydrogen-bond donors (Lipinski definition) is 1. The van der Waals surface area contributed by atoms with Crippen molar-refractivity contribution in [3.05, 3.63) is 46.0 Å². The number of nitrogen functional groups attached to an aromatic ring is 1. The Labute approximate surface area is 120 Å². The number of nitrogens with zero attached hydrogens (tertiary/aromatic N) is 2. The molecule has 0 aliphatic heterocycles. The van der Waals surface area contributed by atoms with Crippen molar-refractivity contribution >= 4 is 40.7 Å². The maximum Gasteiger partial charge on any atom is 0.140 e. The maximum absolute atomic E-state index is 5.96. The monoisotopic (exact) mass is 299 g/mol. The van der Waals surface area contributed by atoms with Crippen LogP contribution in [0.25, 0.3) is 0 Å². The van der Waals surface area contributed by atoms with Crippen LogP contribution in [0.4, 0.5) is 5.69 Å². The zero-order valence-electron chi connectivity index (χ0n) is 9.65. The fraction of sp³-hybridized carbons (Fsp3) is 0.167. The normalized spacial score (nSPS) is 10.6. The molecule has 0 saturated heterocycles. The summed E-state index contributed by atoms with van der Waals surface area (Å²) in [6.07, 6.45) is 0. The van der Waals surface area contributed by atoms with Gasteiger partial charge in [0.1, 0.15) is 11.0 Å². The molecule has 0 atom stereocenters. The van der Waals surface area contributed by atoms with Gasteiger partial charge in [-0.05, 0) is 31.2 Å². The molecule has 1 heterocycles. The molecule has 0 amide bonds. The molecule has 0 fully saturated rings. The predicted octanol–water partition coefficient (Wildman–Crippen LogP) is 3.97. The van der Waals surface area contributed by atoms with E-state index in [1.54, 1.807) is 23.9 Å². The van der Waals surface area contributed by atoms with Gasteiger partial charge in [-0.25, -0.2) is 9.97 Å². The summed E-state index contributed by atoms with van der Waals surface area (Å²) in [5.74, 6) is 1.35. The van der Waals surface area contributed by atoms with Crippen molar-refractivity contribution < 1.29 is 0 Å². The van der Waals surface area contributed by atoms with E-state index in [9.17, 15) is 0 Å². The molecule has 1 aromatic carbocycles. The highest BCUT2D eigenvalue weighted by atomic mass is 35.5. The van der Waals surface area contributed by atoms with Gasteiger partial charge in [-0.2, -0.15) is 0 Å². The minimum atomic E-state index is 0.466. The van der Waals surface area contributed by atoms with Gasteiger partial charge in [-0.1, -0.05) is 23.2 Å². The van der Waals surface area contributed by atoms with Crippen molar-refractivity contribution in [2.24, 2.45) is 0 Å². The van der Waals surface area contributed by atoms with Crippen LogP contribution >= 0.6 is 35.0 Å². The summed E-state index contributed by atoms with van der Waals surface area (Å²) < 4.78 is 0. The van der Waals surface area contributed by atoms with Crippen LogP contribution in [0.5, 0.6) is 0 Å². The summed E-state index contributed by atoms with van der Waals surface area (Å²) in [6.45, 7) is 1.89. The largest absolute Gasteiger partial charge is 0.398 e. The van der Waals surface area contributed by atoms with E-state index in [1.807, 2.05) is 19.1 Å². The Hall–Kier alpha value is -0.970. The lowest BCUT2D eigenvalue weighted by atomic mass is 10.3. The highest BCUT2D eigenvalue weighted by Gasteiger charge is 2.04. The summed E-state index contributed by atoms with van der Waals surface area (Å²) >= 11 is 13.4. The minimum Gasteiger partial charge on any atom is -0.398 e. The van der Waals surface area contributed by atoms with Gasteiger partial charge in [0.2, 0.25) is 0 Å². The van der Waals surface area contributed by atoms with Crippen LogP contribution in [0.15, 0.2) is 29.2 Å². The van der Waals surface area contributed by atoms with E-state index in [-0.39, 0.29) is 0 Å². The van der Waals surface area contributed by atoms with E-state index in [0.29, 0.717) is 27.4 Å². The maximum atomic E-state index is 5.96. The topological polar surface area (TPSA) is 51.8 Å². The Kier molecular flexibility index (Phi) is 4.32. The lowest BCUT2D eigenvalue weighted by molar-refractivity contribution is 0.996. The van der Waals surface area contributed by atoms with Crippen molar-refractivity contribution in [2.45, 2.75) is 17.6 Å². The Morgan fingerprint density at radius 3 is 2.67 bits per heavy atom. The van der Waals surface area contributed by atoms with Gasteiger partial charge in [-0.15, -0.1) is 11.8 Å². The first-order valence-corrected chi connectivity index (χ1v) is 6.96. The first kappa shape index (κ1) is 13.5. The number of benzene rings is 1. The molecule has 6 heteroatoms. The molecule has 0 aliphatic rings. The van der Waals surface area contributed by atoms with Crippen molar-refractivity contribution in [2.75, 3.05) is 5.73 Å². The summed E-state index contributed by atoms with van der Waals surface area (Å²) in [4.78, 5) is 9.50. The lowest BCUT2D eigenvalue weighted by Gasteiger charge is -2.04. The van der Waals surface area contributed by atoms with Crippen molar-refractivity contribution in [1.82, 2.24) is 9.97 Å². The van der Waals surface area contributed by atoms with Crippen LogP contribution in [0, 0.1) is 6.92 Å². The first-order chi connectivity index (χ1) is 8.54. The molecule has 0 aliphatic carbocycles. The van der Waals surface area contributed by atoms with E-state index in [2.05, 4.69) is 9.97 Å². The molecule has 2 rings (SSSR count). The average molecular weight is 300 g/mol. The number of aryl methyl sites for hydroxylation is 1. The highest BCUT2D eigenvalue weighted by molar-refractivity contribution is 7.98. The number of aromatic nitrogens is 2. The number of thioether (sulfide) groups is 1. The van der Waals surface area contributed by atoms with Crippen molar-refractivity contribution in [3.8, 4) is 0 Å². The lowest BCUT2D eigenvalue weighted by Crippen LogP contribution is -1.95. The van der Waals surface area contributed by atoms with E-state index in [0.717, 1.165) is 10.6 Å². The van der Waals surface area contributed by atoms with Gasteiger partial charge >= 0.3 is 0 Å². The number of hydrogen-bond acceptors (Lipinski definition) is 4. The molecule has 0 saturated carbocycles. The standard InChI is InChI=1S/C12H11Cl2N3S/c1-7-4-11(14)17-12(16-7)6-18-8-2-3-10(15)9(13)5-8/h2-5H,6,15H2,1H3. The van der Waals surface area contributed by atoms with E-state index >= 15 is 0 Å². The SMILES string of the molecule is Cc1cc(Cl)nc(CSc2ccc(N)c(Cl)c2)n1.